The van der Waals surface area contributed by atoms with Crippen LogP contribution in [-0.4, -0.2) is 17.1 Å². The number of hydrogen-bond donors (Lipinski definition) is 1. The normalized spacial score (nSPS) is 15.2. The average Bonchev–Trinajstić information content (AvgIpc) is 3.10. The second kappa shape index (κ2) is 10.2. The van der Waals surface area contributed by atoms with Crippen LogP contribution in [-0.2, 0) is 5.79 Å². The first-order chi connectivity index (χ1) is 12.2. The van der Waals surface area contributed by atoms with Gasteiger partial charge in [-0.25, -0.2) is 0 Å². The summed E-state index contributed by atoms with van der Waals surface area (Å²) in [6.07, 6.45) is 4.75. The van der Waals surface area contributed by atoms with Gasteiger partial charge in [-0.05, 0) is 6.42 Å². The Bertz CT molecular complexity index is 486. The smallest absolute Gasteiger partial charge is 0.250 e. The van der Waals surface area contributed by atoms with Crippen molar-refractivity contribution in [3.05, 3.63) is 18.7 Å². The Balaban J connectivity index is 2.47. The molecule has 1 aromatic rings. The molecule has 0 aliphatic heterocycles. The summed E-state index contributed by atoms with van der Waals surface area (Å²) in [7, 11) is 0. The van der Waals surface area contributed by atoms with Gasteiger partial charge in [-0.1, -0.05) is 64.7 Å². The van der Waals surface area contributed by atoms with Crippen LogP contribution in [0.1, 0.15) is 77.6 Å². The third-order valence-corrected chi connectivity index (χ3v) is 4.65. The first-order valence-corrected chi connectivity index (χ1v) is 9.35. The van der Waals surface area contributed by atoms with Crippen LogP contribution in [0.15, 0.2) is 18.7 Å². The topological polar surface area (TPSA) is 19.7 Å². The van der Waals surface area contributed by atoms with Gasteiger partial charge in [0.25, 0.3) is 0 Å². The van der Waals surface area contributed by atoms with Crippen molar-refractivity contribution in [2.75, 3.05) is 0 Å². The van der Waals surface area contributed by atoms with E-state index >= 15 is 0 Å². The minimum Gasteiger partial charge on any atom is -0.250 e. The lowest BCUT2D eigenvalue weighted by Crippen LogP contribution is -2.67. The summed E-state index contributed by atoms with van der Waals surface area (Å²) < 4.78 is 80.8. The van der Waals surface area contributed by atoms with E-state index in [2.05, 4.69) is 11.9 Å². The predicted octanol–water partition coefficient (Wildman–Crippen LogP) is 6.43. The molecule has 0 saturated carbocycles. The van der Waals surface area contributed by atoms with E-state index in [1.165, 1.54) is 19.3 Å². The molecular formula is C18H29F6N2+. The number of nitrogens with zero attached hydrogens (tertiary/aromatic N) is 1. The fourth-order valence-electron chi connectivity index (χ4n) is 3.02. The quantitative estimate of drug-likeness (QED) is 0.228. The molecule has 1 unspecified atom stereocenters. The minimum absolute atomic E-state index is 0.0316. The van der Waals surface area contributed by atoms with Gasteiger partial charge in [0.1, 0.15) is 12.4 Å². The molecule has 8 heteroatoms. The van der Waals surface area contributed by atoms with E-state index in [0.29, 0.717) is 12.8 Å². The summed E-state index contributed by atoms with van der Waals surface area (Å²) in [6, 6.07) is 0. The molecule has 0 radical (unpaired) electrons. The van der Waals surface area contributed by atoms with Crippen LogP contribution in [0.2, 0.25) is 0 Å². The van der Waals surface area contributed by atoms with Crippen molar-refractivity contribution in [2.24, 2.45) is 0 Å². The molecule has 1 aromatic heterocycles. The average molecular weight is 387 g/mol. The molecular weight excluding hydrogens is 358 g/mol. The number of nitrogens with one attached hydrogen (secondary N) is 1. The Kier molecular flexibility index (Phi) is 8.96. The van der Waals surface area contributed by atoms with E-state index in [4.69, 9.17) is 0 Å². The molecule has 0 aliphatic carbocycles. The van der Waals surface area contributed by atoms with Crippen LogP contribution in [0.5, 0.6) is 0 Å². The first kappa shape index (κ1) is 22.8. The molecule has 0 aromatic carbocycles. The van der Waals surface area contributed by atoms with E-state index in [9.17, 15) is 26.3 Å². The van der Waals surface area contributed by atoms with Crippen molar-refractivity contribution in [3.8, 4) is 0 Å². The number of halogens is 6. The number of aromatic nitrogens is 2. The maximum absolute atomic E-state index is 14.9. The van der Waals surface area contributed by atoms with Gasteiger partial charge in [0.2, 0.25) is 6.33 Å². The summed E-state index contributed by atoms with van der Waals surface area (Å²) in [6.45, 7) is 2.14. The van der Waals surface area contributed by atoms with Crippen molar-refractivity contribution in [1.29, 1.82) is 0 Å². The molecule has 0 bridgehead atoms. The summed E-state index contributed by atoms with van der Waals surface area (Å²) >= 11 is 0. The van der Waals surface area contributed by atoms with Crippen LogP contribution < -0.4 is 4.57 Å². The SMILES string of the molecule is CCCCCCCCCCCCC(F)([n+]1cc[nH]c1)C(F)(F)C(F)(F)F. The molecule has 1 heterocycles. The first-order valence-electron chi connectivity index (χ1n) is 9.35. The molecule has 1 atom stereocenters. The Morgan fingerprint density at radius 1 is 0.769 bits per heavy atom. The maximum atomic E-state index is 14.9. The van der Waals surface area contributed by atoms with Crippen molar-refractivity contribution < 1.29 is 30.9 Å². The second-order valence-electron chi connectivity index (χ2n) is 6.78. The monoisotopic (exact) mass is 387 g/mol. The van der Waals surface area contributed by atoms with Crippen molar-refractivity contribution in [2.45, 2.75) is 95.4 Å². The van der Waals surface area contributed by atoms with Gasteiger partial charge in [-0.3, -0.25) is 4.98 Å². The van der Waals surface area contributed by atoms with Gasteiger partial charge >= 0.3 is 17.9 Å². The van der Waals surface area contributed by atoms with Gasteiger partial charge in [-0.15, -0.1) is 0 Å². The van der Waals surface area contributed by atoms with Crippen molar-refractivity contribution in [3.63, 3.8) is 0 Å². The number of rotatable bonds is 13. The summed E-state index contributed by atoms with van der Waals surface area (Å²) in [5.41, 5.74) is 0. The summed E-state index contributed by atoms with van der Waals surface area (Å²) in [5.74, 6) is -9.29. The Morgan fingerprint density at radius 2 is 1.27 bits per heavy atom. The molecule has 1 N–H and O–H groups in total. The fourth-order valence-corrected chi connectivity index (χ4v) is 3.02. The third kappa shape index (κ3) is 5.91. The highest BCUT2D eigenvalue weighted by atomic mass is 19.4. The largest absolute Gasteiger partial charge is 0.461 e. The van der Waals surface area contributed by atoms with Crippen LogP contribution >= 0.6 is 0 Å². The molecule has 0 saturated heterocycles. The van der Waals surface area contributed by atoms with Gasteiger partial charge < -0.3 is 0 Å². The molecule has 1 rings (SSSR count). The van der Waals surface area contributed by atoms with E-state index in [1.807, 2.05) is 0 Å². The van der Waals surface area contributed by atoms with E-state index < -0.39 is 24.3 Å². The third-order valence-electron chi connectivity index (χ3n) is 4.65. The predicted molar refractivity (Wildman–Crippen MR) is 87.5 cm³/mol. The summed E-state index contributed by atoms with van der Waals surface area (Å²) in [5, 5.41) is 0. The van der Waals surface area contributed by atoms with Crippen LogP contribution in [0, 0.1) is 0 Å². The number of imidazole rings is 1. The van der Waals surface area contributed by atoms with Crippen LogP contribution in [0.3, 0.4) is 0 Å². The lowest BCUT2D eigenvalue weighted by Gasteiger charge is -2.31. The zero-order valence-electron chi connectivity index (χ0n) is 15.2. The van der Waals surface area contributed by atoms with Crippen molar-refractivity contribution >= 4 is 0 Å². The van der Waals surface area contributed by atoms with E-state index in [-0.39, 0.29) is 11.0 Å². The molecule has 0 amide bonds. The highest BCUT2D eigenvalue weighted by molar-refractivity contribution is 4.87. The highest BCUT2D eigenvalue weighted by Crippen LogP contribution is 2.48. The lowest BCUT2D eigenvalue weighted by molar-refractivity contribution is -0.820. The van der Waals surface area contributed by atoms with Gasteiger partial charge in [0, 0.05) is 6.42 Å². The summed E-state index contributed by atoms with van der Waals surface area (Å²) in [4.78, 5) is 2.32. The molecule has 0 aliphatic rings. The molecule has 0 fully saturated rings. The van der Waals surface area contributed by atoms with Gasteiger partial charge in [0.15, 0.2) is 0 Å². The second-order valence-corrected chi connectivity index (χ2v) is 6.78. The zero-order chi connectivity index (χ0) is 19.7. The lowest BCUT2D eigenvalue weighted by atomic mass is 9.97. The molecule has 0 spiro atoms. The zero-order valence-corrected chi connectivity index (χ0v) is 15.2. The van der Waals surface area contributed by atoms with Gasteiger partial charge in [-0.2, -0.15) is 30.9 Å². The Morgan fingerprint density at radius 3 is 1.69 bits per heavy atom. The molecule has 2 nitrogen and oxygen atoms in total. The fraction of sp³-hybridized carbons (Fsp3) is 0.833. The van der Waals surface area contributed by atoms with Crippen molar-refractivity contribution in [1.82, 2.24) is 4.98 Å². The van der Waals surface area contributed by atoms with Crippen LogP contribution in [0.4, 0.5) is 26.3 Å². The molecule has 152 valence electrons. The van der Waals surface area contributed by atoms with Gasteiger partial charge in [0.05, 0.1) is 0 Å². The number of unbranched alkanes of at least 4 members (excludes halogenated alkanes) is 9. The number of alkyl halides is 6. The highest BCUT2D eigenvalue weighted by Gasteiger charge is 2.74. The standard InChI is InChI=1S/C18H28F6N2/c1-2-3-4-5-6-7-8-9-10-11-12-16(19,26-14-13-25-15-26)17(20,21)18(22,23)24/h13-15H,2-12H2,1H3/p+1. The number of aromatic amines is 1. The van der Waals surface area contributed by atoms with E-state index in [1.54, 1.807) is 0 Å². The van der Waals surface area contributed by atoms with Crippen LogP contribution in [0.25, 0.3) is 0 Å². The Hall–Kier alpha value is -1.21. The Labute approximate surface area is 151 Å². The number of hydrogen-bond acceptors (Lipinski definition) is 0. The molecule has 26 heavy (non-hydrogen) atoms. The van der Waals surface area contributed by atoms with E-state index in [0.717, 1.165) is 44.4 Å². The maximum Gasteiger partial charge on any atom is 0.461 e. The number of H-pyrrole nitrogens is 1. The minimum atomic E-state index is -5.95.